The number of thioether (sulfide) groups is 1. The quantitative estimate of drug-likeness (QED) is 0.625. The monoisotopic (exact) mass is 333 g/mol. The Hall–Kier alpha value is -2.02. The summed E-state index contributed by atoms with van der Waals surface area (Å²) in [7, 11) is 0. The Morgan fingerprint density at radius 1 is 1.26 bits per heavy atom. The molecule has 7 heteroatoms. The van der Waals surface area contributed by atoms with Crippen LogP contribution in [0.25, 0.3) is 11.4 Å². The summed E-state index contributed by atoms with van der Waals surface area (Å²) in [5, 5.41) is 11.4. The Kier molecular flexibility index (Phi) is 5.65. The van der Waals surface area contributed by atoms with E-state index in [0.717, 1.165) is 5.56 Å². The summed E-state index contributed by atoms with van der Waals surface area (Å²) in [6.07, 6.45) is 0. The maximum atomic E-state index is 12.0. The van der Waals surface area contributed by atoms with Crippen molar-refractivity contribution in [3.63, 3.8) is 0 Å². The molecule has 0 saturated heterocycles. The minimum absolute atomic E-state index is 0.0245. The maximum Gasteiger partial charge on any atom is 0.233 e. The van der Waals surface area contributed by atoms with E-state index in [9.17, 15) is 4.79 Å². The minimum atomic E-state index is -0.286. The number of nitrogens with zero attached hydrogens (tertiary/aromatic N) is 3. The van der Waals surface area contributed by atoms with Gasteiger partial charge < -0.3 is 11.2 Å². The van der Waals surface area contributed by atoms with Gasteiger partial charge in [-0.15, -0.1) is 10.2 Å². The molecule has 0 saturated carbocycles. The summed E-state index contributed by atoms with van der Waals surface area (Å²) >= 11 is 1.30. The summed E-state index contributed by atoms with van der Waals surface area (Å²) in [6.45, 7) is 8.63. The molecule has 1 heterocycles. The number of aryl methyl sites for hydroxylation is 1. The predicted molar refractivity (Wildman–Crippen MR) is 93.5 cm³/mol. The highest BCUT2D eigenvalue weighted by atomic mass is 32.2. The van der Waals surface area contributed by atoms with E-state index in [4.69, 9.17) is 5.84 Å². The van der Waals surface area contributed by atoms with Gasteiger partial charge in [-0.1, -0.05) is 55.4 Å². The number of nitrogens with two attached hydrogens (primary N) is 1. The lowest BCUT2D eigenvalue weighted by molar-refractivity contribution is -0.120. The normalized spacial score (nSPS) is 12.4. The molecular weight excluding hydrogens is 310 g/mol. The molecule has 0 aliphatic rings. The Bertz CT molecular complexity index is 666. The Balaban J connectivity index is 2.07. The lowest BCUT2D eigenvalue weighted by Gasteiger charge is -2.12. The van der Waals surface area contributed by atoms with Gasteiger partial charge in [0.25, 0.3) is 0 Å². The highest BCUT2D eigenvalue weighted by Crippen LogP contribution is 2.24. The van der Waals surface area contributed by atoms with Crippen molar-refractivity contribution in [3.05, 3.63) is 29.8 Å². The first-order chi connectivity index (χ1) is 10.9. The van der Waals surface area contributed by atoms with Crippen LogP contribution >= 0.6 is 11.8 Å². The lowest BCUT2D eigenvalue weighted by atomic mass is 10.1. The molecule has 2 aromatic rings. The van der Waals surface area contributed by atoms with E-state index in [0.29, 0.717) is 23.4 Å². The van der Waals surface area contributed by atoms with Crippen molar-refractivity contribution >= 4 is 17.7 Å². The zero-order chi connectivity index (χ0) is 17.0. The van der Waals surface area contributed by atoms with Crippen molar-refractivity contribution in [2.24, 2.45) is 5.92 Å². The van der Waals surface area contributed by atoms with Crippen molar-refractivity contribution in [2.45, 2.75) is 38.1 Å². The molecule has 0 aliphatic heterocycles. The van der Waals surface area contributed by atoms with Crippen LogP contribution in [-0.2, 0) is 4.79 Å². The molecule has 1 aromatic carbocycles. The number of amides is 1. The second-order valence-corrected chi connectivity index (χ2v) is 7.25. The molecule has 0 spiro atoms. The molecule has 0 fully saturated rings. The zero-order valence-electron chi connectivity index (χ0n) is 13.9. The van der Waals surface area contributed by atoms with Gasteiger partial charge in [-0.25, -0.2) is 4.68 Å². The van der Waals surface area contributed by atoms with Gasteiger partial charge in [0.05, 0.1) is 5.25 Å². The highest BCUT2D eigenvalue weighted by molar-refractivity contribution is 8.00. The van der Waals surface area contributed by atoms with E-state index in [1.165, 1.54) is 22.0 Å². The van der Waals surface area contributed by atoms with Crippen molar-refractivity contribution in [3.8, 4) is 11.4 Å². The third kappa shape index (κ3) is 4.48. The predicted octanol–water partition coefficient (Wildman–Crippen LogP) is 2.22. The standard InChI is InChI=1S/C16H23N5OS/c1-10(2)9-18-15(22)12(4)23-16-20-19-14(21(16)17)13-7-5-11(3)6-8-13/h5-8,10,12H,9,17H2,1-4H3,(H,18,22). The van der Waals surface area contributed by atoms with E-state index in [-0.39, 0.29) is 11.2 Å². The van der Waals surface area contributed by atoms with Crippen molar-refractivity contribution in [1.82, 2.24) is 20.2 Å². The van der Waals surface area contributed by atoms with Crippen molar-refractivity contribution in [1.29, 1.82) is 0 Å². The summed E-state index contributed by atoms with van der Waals surface area (Å²) in [5.41, 5.74) is 2.07. The largest absolute Gasteiger partial charge is 0.355 e. The Morgan fingerprint density at radius 3 is 2.52 bits per heavy atom. The first-order valence-electron chi connectivity index (χ1n) is 7.60. The van der Waals surface area contributed by atoms with Crippen LogP contribution in [0.3, 0.4) is 0 Å². The Labute approximate surface area is 140 Å². The topological polar surface area (TPSA) is 85.8 Å². The lowest BCUT2D eigenvalue weighted by Crippen LogP contribution is -2.33. The molecular formula is C16H23N5OS. The molecule has 1 aromatic heterocycles. The molecule has 0 aliphatic carbocycles. The fourth-order valence-electron chi connectivity index (χ4n) is 1.92. The maximum absolute atomic E-state index is 12.0. The average molecular weight is 333 g/mol. The first kappa shape index (κ1) is 17.3. The smallest absolute Gasteiger partial charge is 0.233 e. The van der Waals surface area contributed by atoms with Gasteiger partial charge in [0.1, 0.15) is 0 Å². The number of benzene rings is 1. The van der Waals surface area contributed by atoms with Crippen LogP contribution in [-0.4, -0.2) is 32.6 Å². The van der Waals surface area contributed by atoms with Gasteiger partial charge in [0, 0.05) is 12.1 Å². The van der Waals surface area contributed by atoms with Crippen LogP contribution in [0.5, 0.6) is 0 Å². The second kappa shape index (κ2) is 7.50. The van der Waals surface area contributed by atoms with E-state index in [2.05, 4.69) is 29.4 Å². The average Bonchev–Trinajstić information content (AvgIpc) is 2.86. The molecule has 3 N–H and O–H groups in total. The summed E-state index contributed by atoms with van der Waals surface area (Å²) in [6, 6.07) is 7.91. The van der Waals surface area contributed by atoms with Crippen LogP contribution in [0.4, 0.5) is 0 Å². The molecule has 1 unspecified atom stereocenters. The van der Waals surface area contributed by atoms with Crippen LogP contribution < -0.4 is 11.2 Å². The fourth-order valence-corrected chi connectivity index (χ4v) is 2.71. The van der Waals surface area contributed by atoms with Gasteiger partial charge in [-0.2, -0.15) is 0 Å². The fraction of sp³-hybridized carbons (Fsp3) is 0.438. The summed E-state index contributed by atoms with van der Waals surface area (Å²) in [5.74, 6) is 7.06. The van der Waals surface area contributed by atoms with Crippen molar-refractivity contribution in [2.75, 3.05) is 12.4 Å². The summed E-state index contributed by atoms with van der Waals surface area (Å²) in [4.78, 5) is 12.0. The molecule has 2 rings (SSSR count). The van der Waals surface area contributed by atoms with Gasteiger partial charge in [0.2, 0.25) is 11.1 Å². The molecule has 23 heavy (non-hydrogen) atoms. The molecule has 124 valence electrons. The molecule has 0 radical (unpaired) electrons. The van der Waals surface area contributed by atoms with E-state index in [1.54, 1.807) is 0 Å². The zero-order valence-corrected chi connectivity index (χ0v) is 14.7. The SMILES string of the molecule is Cc1ccc(-c2nnc(SC(C)C(=O)NCC(C)C)n2N)cc1. The van der Waals surface area contributed by atoms with Crippen molar-refractivity contribution < 1.29 is 4.79 Å². The number of nitrogens with one attached hydrogen (secondary N) is 1. The highest BCUT2D eigenvalue weighted by Gasteiger charge is 2.19. The molecule has 6 nitrogen and oxygen atoms in total. The number of rotatable bonds is 6. The third-order valence-electron chi connectivity index (χ3n) is 3.31. The van der Waals surface area contributed by atoms with E-state index < -0.39 is 0 Å². The number of carbonyl (C=O) groups is 1. The first-order valence-corrected chi connectivity index (χ1v) is 8.48. The molecule has 0 bridgehead atoms. The number of hydrogen-bond acceptors (Lipinski definition) is 5. The number of carbonyl (C=O) groups excluding carboxylic acids is 1. The van der Waals surface area contributed by atoms with Crippen LogP contribution in [0.2, 0.25) is 0 Å². The summed E-state index contributed by atoms with van der Waals surface area (Å²) < 4.78 is 1.43. The number of nitrogen functional groups attached to an aromatic ring is 1. The van der Waals surface area contributed by atoms with Gasteiger partial charge in [-0.05, 0) is 19.8 Å². The minimum Gasteiger partial charge on any atom is -0.355 e. The van der Waals surface area contributed by atoms with Gasteiger partial charge in [-0.3, -0.25) is 4.79 Å². The van der Waals surface area contributed by atoms with E-state index >= 15 is 0 Å². The van der Waals surface area contributed by atoms with Gasteiger partial charge in [0.15, 0.2) is 5.82 Å². The molecule has 1 atom stereocenters. The van der Waals surface area contributed by atoms with Crippen LogP contribution in [0.15, 0.2) is 29.4 Å². The van der Waals surface area contributed by atoms with Crippen LogP contribution in [0, 0.1) is 12.8 Å². The number of hydrogen-bond donors (Lipinski definition) is 2. The van der Waals surface area contributed by atoms with E-state index in [1.807, 2.05) is 38.1 Å². The van der Waals surface area contributed by atoms with Gasteiger partial charge >= 0.3 is 0 Å². The Morgan fingerprint density at radius 2 is 1.91 bits per heavy atom. The third-order valence-corrected chi connectivity index (χ3v) is 4.37. The molecule has 1 amide bonds. The van der Waals surface area contributed by atoms with Crippen LogP contribution in [0.1, 0.15) is 26.3 Å². The second-order valence-electron chi connectivity index (χ2n) is 5.94. The number of aromatic nitrogens is 3.